The molecule has 1 rings (SSSR count). The lowest BCUT2D eigenvalue weighted by molar-refractivity contribution is -0.0589. The SMILES string of the molecule is Cc1cscc1C(=O)NOC(C)(C)C. The van der Waals surface area contributed by atoms with E-state index in [1.165, 1.54) is 11.3 Å². The minimum Gasteiger partial charge on any atom is -0.268 e. The van der Waals surface area contributed by atoms with Crippen LogP contribution in [0.1, 0.15) is 36.7 Å². The van der Waals surface area contributed by atoms with Crippen LogP contribution in [0.4, 0.5) is 0 Å². The molecule has 0 radical (unpaired) electrons. The van der Waals surface area contributed by atoms with Crippen LogP contribution < -0.4 is 5.48 Å². The third-order valence-electron chi connectivity index (χ3n) is 1.55. The summed E-state index contributed by atoms with van der Waals surface area (Å²) in [6, 6.07) is 0. The van der Waals surface area contributed by atoms with Gasteiger partial charge in [0.2, 0.25) is 0 Å². The van der Waals surface area contributed by atoms with E-state index < -0.39 is 0 Å². The second-order valence-corrected chi connectivity index (χ2v) is 4.86. The van der Waals surface area contributed by atoms with Gasteiger partial charge < -0.3 is 0 Å². The van der Waals surface area contributed by atoms with E-state index in [0.29, 0.717) is 5.56 Å². The molecule has 1 N–H and O–H groups in total. The van der Waals surface area contributed by atoms with Crippen LogP contribution in [0, 0.1) is 6.92 Å². The Bertz CT molecular complexity index is 325. The Morgan fingerprint density at radius 2 is 2.07 bits per heavy atom. The van der Waals surface area contributed by atoms with E-state index in [9.17, 15) is 4.79 Å². The Morgan fingerprint density at radius 1 is 1.43 bits per heavy atom. The topological polar surface area (TPSA) is 38.3 Å². The maximum absolute atomic E-state index is 11.5. The fourth-order valence-corrected chi connectivity index (χ4v) is 1.68. The molecule has 0 spiro atoms. The number of hydrogen-bond acceptors (Lipinski definition) is 3. The molecule has 4 heteroatoms. The highest BCUT2D eigenvalue weighted by molar-refractivity contribution is 7.08. The number of carbonyl (C=O) groups excluding carboxylic acids is 1. The molecule has 78 valence electrons. The van der Waals surface area contributed by atoms with Crippen molar-refractivity contribution in [1.82, 2.24) is 5.48 Å². The van der Waals surface area contributed by atoms with E-state index in [0.717, 1.165) is 5.56 Å². The lowest BCUT2D eigenvalue weighted by atomic mass is 10.2. The predicted molar refractivity (Wildman–Crippen MR) is 57.4 cm³/mol. The van der Waals surface area contributed by atoms with Crippen LogP contribution in [0.3, 0.4) is 0 Å². The van der Waals surface area contributed by atoms with Crippen LogP contribution in [0.15, 0.2) is 10.8 Å². The second kappa shape index (κ2) is 4.11. The van der Waals surface area contributed by atoms with E-state index in [2.05, 4.69) is 5.48 Å². The molecular formula is C10H15NO2S. The molecule has 14 heavy (non-hydrogen) atoms. The first-order valence-corrected chi connectivity index (χ1v) is 5.35. The summed E-state index contributed by atoms with van der Waals surface area (Å²) in [6.45, 7) is 7.55. The lowest BCUT2D eigenvalue weighted by Crippen LogP contribution is -2.33. The van der Waals surface area contributed by atoms with Crippen LogP contribution in [0.25, 0.3) is 0 Å². The molecule has 1 aromatic rings. The number of hydrogen-bond donors (Lipinski definition) is 1. The van der Waals surface area contributed by atoms with Crippen molar-refractivity contribution >= 4 is 17.2 Å². The molecule has 0 saturated carbocycles. The normalized spacial score (nSPS) is 11.4. The molecule has 3 nitrogen and oxygen atoms in total. The molecule has 0 bridgehead atoms. The van der Waals surface area contributed by atoms with Gasteiger partial charge in [-0.15, -0.1) is 0 Å². The number of carbonyl (C=O) groups is 1. The van der Waals surface area contributed by atoms with Gasteiger partial charge in [-0.1, -0.05) is 0 Å². The molecule has 0 fully saturated rings. The van der Waals surface area contributed by atoms with Crippen LogP contribution in [0.5, 0.6) is 0 Å². The highest BCUT2D eigenvalue weighted by atomic mass is 32.1. The third-order valence-corrected chi connectivity index (χ3v) is 2.41. The van der Waals surface area contributed by atoms with Gasteiger partial charge in [0.15, 0.2) is 0 Å². The van der Waals surface area contributed by atoms with Crippen molar-refractivity contribution < 1.29 is 9.63 Å². The van der Waals surface area contributed by atoms with E-state index in [-0.39, 0.29) is 11.5 Å². The predicted octanol–water partition coefficient (Wildman–Crippen LogP) is 2.52. The largest absolute Gasteiger partial charge is 0.275 e. The summed E-state index contributed by atoms with van der Waals surface area (Å²) in [5.41, 5.74) is 3.73. The third kappa shape index (κ3) is 3.12. The minimum absolute atomic E-state index is 0.182. The monoisotopic (exact) mass is 213 g/mol. The van der Waals surface area contributed by atoms with Crippen molar-refractivity contribution in [2.45, 2.75) is 33.3 Å². The molecule has 0 aliphatic rings. The molecule has 0 saturated heterocycles. The summed E-state index contributed by atoms with van der Waals surface area (Å²) < 4.78 is 0. The van der Waals surface area contributed by atoms with Crippen LogP contribution >= 0.6 is 11.3 Å². The zero-order valence-electron chi connectivity index (χ0n) is 8.88. The molecule has 0 aromatic carbocycles. The summed E-state index contributed by atoms with van der Waals surface area (Å²) in [5.74, 6) is -0.182. The van der Waals surface area contributed by atoms with Crippen molar-refractivity contribution in [2.24, 2.45) is 0 Å². The zero-order chi connectivity index (χ0) is 10.8. The standard InChI is InChI=1S/C10H15NO2S/c1-7-5-14-6-8(7)9(12)11-13-10(2,3)4/h5-6H,1-4H3,(H,11,12). The van der Waals surface area contributed by atoms with Crippen molar-refractivity contribution in [3.63, 3.8) is 0 Å². The van der Waals surface area contributed by atoms with Gasteiger partial charge in [-0.3, -0.25) is 9.63 Å². The van der Waals surface area contributed by atoms with E-state index in [1.54, 1.807) is 0 Å². The maximum Gasteiger partial charge on any atom is 0.275 e. The Kier molecular flexibility index (Phi) is 3.29. The quantitative estimate of drug-likeness (QED) is 0.767. The molecule has 1 heterocycles. The van der Waals surface area contributed by atoms with Gasteiger partial charge in [-0.2, -0.15) is 11.3 Å². The molecule has 1 amide bonds. The number of rotatable bonds is 2. The van der Waals surface area contributed by atoms with Crippen LogP contribution in [0.2, 0.25) is 0 Å². The first kappa shape index (κ1) is 11.2. The zero-order valence-corrected chi connectivity index (χ0v) is 9.70. The van der Waals surface area contributed by atoms with Gasteiger partial charge in [0.05, 0.1) is 11.2 Å². The van der Waals surface area contributed by atoms with Crippen LogP contribution in [-0.2, 0) is 4.84 Å². The van der Waals surface area contributed by atoms with Gasteiger partial charge in [0.1, 0.15) is 0 Å². The molecule has 0 aliphatic heterocycles. The Morgan fingerprint density at radius 3 is 2.50 bits per heavy atom. The number of nitrogens with one attached hydrogen (secondary N) is 1. The van der Waals surface area contributed by atoms with E-state index in [1.807, 2.05) is 38.5 Å². The van der Waals surface area contributed by atoms with Gasteiger partial charge in [-0.05, 0) is 38.6 Å². The van der Waals surface area contributed by atoms with E-state index >= 15 is 0 Å². The van der Waals surface area contributed by atoms with Gasteiger partial charge >= 0.3 is 0 Å². The first-order valence-electron chi connectivity index (χ1n) is 4.41. The Labute approximate surface area is 88.0 Å². The molecular weight excluding hydrogens is 198 g/mol. The lowest BCUT2D eigenvalue weighted by Gasteiger charge is -2.18. The molecule has 0 atom stereocenters. The summed E-state index contributed by atoms with van der Waals surface area (Å²) in [7, 11) is 0. The van der Waals surface area contributed by atoms with Gasteiger partial charge in [0.25, 0.3) is 5.91 Å². The van der Waals surface area contributed by atoms with E-state index in [4.69, 9.17) is 4.84 Å². The second-order valence-electron chi connectivity index (χ2n) is 4.11. The van der Waals surface area contributed by atoms with Gasteiger partial charge in [-0.25, -0.2) is 5.48 Å². The summed E-state index contributed by atoms with van der Waals surface area (Å²) >= 11 is 1.51. The number of aryl methyl sites for hydroxylation is 1. The summed E-state index contributed by atoms with van der Waals surface area (Å²) in [6.07, 6.45) is 0. The smallest absolute Gasteiger partial charge is 0.268 e. The highest BCUT2D eigenvalue weighted by Crippen LogP contribution is 2.14. The number of amides is 1. The Hall–Kier alpha value is -0.870. The summed E-state index contributed by atoms with van der Waals surface area (Å²) in [4.78, 5) is 16.7. The molecule has 0 unspecified atom stereocenters. The number of thiophene rings is 1. The fraction of sp³-hybridized carbons (Fsp3) is 0.500. The summed E-state index contributed by atoms with van der Waals surface area (Å²) in [5, 5.41) is 3.75. The molecule has 1 aromatic heterocycles. The van der Waals surface area contributed by atoms with Crippen molar-refractivity contribution in [3.8, 4) is 0 Å². The van der Waals surface area contributed by atoms with Gasteiger partial charge in [0, 0.05) is 5.38 Å². The average Bonchev–Trinajstić information content (AvgIpc) is 2.46. The van der Waals surface area contributed by atoms with Crippen molar-refractivity contribution in [2.75, 3.05) is 0 Å². The fourth-order valence-electron chi connectivity index (χ4n) is 0.848. The van der Waals surface area contributed by atoms with Crippen molar-refractivity contribution in [1.29, 1.82) is 0 Å². The average molecular weight is 213 g/mol. The van der Waals surface area contributed by atoms with Crippen LogP contribution in [-0.4, -0.2) is 11.5 Å². The molecule has 0 aliphatic carbocycles. The highest BCUT2D eigenvalue weighted by Gasteiger charge is 2.15. The first-order chi connectivity index (χ1) is 6.40. The number of hydroxylamine groups is 1. The van der Waals surface area contributed by atoms with Crippen molar-refractivity contribution in [3.05, 3.63) is 21.9 Å². The Balaban J connectivity index is 2.56. The minimum atomic E-state index is -0.362. The maximum atomic E-state index is 11.5.